The van der Waals surface area contributed by atoms with Crippen molar-refractivity contribution in [3.63, 3.8) is 0 Å². The van der Waals surface area contributed by atoms with Crippen LogP contribution < -0.4 is 5.73 Å². The van der Waals surface area contributed by atoms with E-state index >= 15 is 0 Å². The van der Waals surface area contributed by atoms with Gasteiger partial charge in [-0.15, -0.1) is 0 Å². The Balaban J connectivity index is 2.19. The zero-order valence-corrected chi connectivity index (χ0v) is 10.1. The maximum atomic E-state index is 5.41. The predicted molar refractivity (Wildman–Crippen MR) is 60.1 cm³/mol. The van der Waals surface area contributed by atoms with Crippen molar-refractivity contribution >= 4 is 0 Å². The van der Waals surface area contributed by atoms with E-state index in [1.54, 1.807) is 0 Å². The number of nitrogens with zero attached hydrogens (tertiary/aromatic N) is 5. The van der Waals surface area contributed by atoms with Gasteiger partial charge in [0, 0.05) is 12.8 Å². The number of hydrogen-bond donors (Lipinski definition) is 1. The van der Waals surface area contributed by atoms with Gasteiger partial charge in [-0.2, -0.15) is 10.1 Å². The molecule has 2 heterocycles. The summed E-state index contributed by atoms with van der Waals surface area (Å²) in [6, 6.07) is 0. The summed E-state index contributed by atoms with van der Waals surface area (Å²) in [6.07, 6.45) is 1.65. The van der Waals surface area contributed by atoms with Crippen molar-refractivity contribution in [1.82, 2.24) is 24.9 Å². The van der Waals surface area contributed by atoms with Gasteiger partial charge in [0.25, 0.3) is 0 Å². The average Bonchev–Trinajstić information content (AvgIpc) is 2.95. The topological polar surface area (TPSA) is 95.7 Å². The Morgan fingerprint density at radius 2 is 2.00 bits per heavy atom. The van der Waals surface area contributed by atoms with Gasteiger partial charge >= 0.3 is 0 Å². The third-order valence-electron chi connectivity index (χ3n) is 2.40. The highest BCUT2D eigenvalue weighted by Crippen LogP contribution is 2.04. The van der Waals surface area contributed by atoms with Gasteiger partial charge in [0.05, 0.1) is 6.54 Å². The Labute approximate surface area is 99.0 Å². The zero-order chi connectivity index (χ0) is 12.3. The first kappa shape index (κ1) is 11.7. The fourth-order valence-corrected chi connectivity index (χ4v) is 1.54. The van der Waals surface area contributed by atoms with Crippen molar-refractivity contribution < 1.29 is 4.52 Å². The van der Waals surface area contributed by atoms with Crippen LogP contribution in [0.2, 0.25) is 0 Å². The lowest BCUT2D eigenvalue weighted by Gasteiger charge is -1.99. The van der Waals surface area contributed by atoms with Crippen LogP contribution in [0.3, 0.4) is 0 Å². The van der Waals surface area contributed by atoms with Crippen LogP contribution in [0.4, 0.5) is 0 Å². The molecule has 0 bridgehead atoms. The standard InChI is InChI=1S/C10H16N6O/c1-3-7-12-9(4-2)16(14-7)6-8-13-10(5-11)17-15-8/h3-6,11H2,1-2H3. The second-order valence-electron chi connectivity index (χ2n) is 3.62. The normalized spacial score (nSPS) is 11.0. The van der Waals surface area contributed by atoms with Crippen molar-refractivity contribution in [2.45, 2.75) is 39.8 Å². The summed E-state index contributed by atoms with van der Waals surface area (Å²) < 4.78 is 6.75. The summed E-state index contributed by atoms with van der Waals surface area (Å²) in [6.45, 7) is 4.80. The minimum Gasteiger partial charge on any atom is -0.338 e. The second kappa shape index (κ2) is 5.05. The number of aromatic nitrogens is 5. The first-order chi connectivity index (χ1) is 8.26. The van der Waals surface area contributed by atoms with Crippen LogP contribution in [0, 0.1) is 0 Å². The van der Waals surface area contributed by atoms with E-state index in [0.717, 1.165) is 24.5 Å². The zero-order valence-electron chi connectivity index (χ0n) is 10.1. The number of nitrogens with two attached hydrogens (primary N) is 1. The molecule has 0 saturated carbocycles. The van der Waals surface area contributed by atoms with Crippen LogP contribution in [0.5, 0.6) is 0 Å². The molecule has 2 aromatic rings. The van der Waals surface area contributed by atoms with Crippen molar-refractivity contribution in [2.75, 3.05) is 0 Å². The van der Waals surface area contributed by atoms with E-state index in [1.165, 1.54) is 0 Å². The van der Waals surface area contributed by atoms with E-state index in [9.17, 15) is 0 Å². The SMILES string of the molecule is CCc1nc(CC)n(Cc2noc(CN)n2)n1. The molecule has 0 spiro atoms. The Kier molecular flexibility index (Phi) is 3.48. The highest BCUT2D eigenvalue weighted by atomic mass is 16.5. The molecule has 0 atom stereocenters. The summed E-state index contributed by atoms with van der Waals surface area (Å²) in [5, 5.41) is 8.22. The van der Waals surface area contributed by atoms with Gasteiger partial charge in [-0.1, -0.05) is 19.0 Å². The monoisotopic (exact) mass is 236 g/mol. The summed E-state index contributed by atoms with van der Waals surface area (Å²) in [4.78, 5) is 8.55. The molecule has 0 aliphatic rings. The maximum Gasteiger partial charge on any atom is 0.240 e. The van der Waals surface area contributed by atoms with Gasteiger partial charge in [0.15, 0.2) is 11.6 Å². The Bertz CT molecular complexity index is 489. The second-order valence-corrected chi connectivity index (χ2v) is 3.62. The molecule has 0 saturated heterocycles. The molecule has 0 fully saturated rings. The number of aryl methyl sites for hydroxylation is 2. The lowest BCUT2D eigenvalue weighted by Crippen LogP contribution is -2.08. The van der Waals surface area contributed by atoms with E-state index in [-0.39, 0.29) is 6.54 Å². The molecule has 2 rings (SSSR count). The van der Waals surface area contributed by atoms with Crippen molar-refractivity contribution in [2.24, 2.45) is 5.73 Å². The largest absolute Gasteiger partial charge is 0.338 e. The first-order valence-corrected chi connectivity index (χ1v) is 5.70. The molecule has 0 aromatic carbocycles. The van der Waals surface area contributed by atoms with Gasteiger partial charge in [-0.3, -0.25) is 0 Å². The van der Waals surface area contributed by atoms with Crippen molar-refractivity contribution in [3.8, 4) is 0 Å². The number of rotatable bonds is 5. The molecular formula is C10H16N6O. The lowest BCUT2D eigenvalue weighted by molar-refractivity contribution is 0.372. The van der Waals surface area contributed by atoms with Crippen molar-refractivity contribution in [3.05, 3.63) is 23.4 Å². The molecule has 0 aliphatic carbocycles. The van der Waals surface area contributed by atoms with Gasteiger partial charge < -0.3 is 10.3 Å². The Morgan fingerprint density at radius 1 is 1.18 bits per heavy atom. The predicted octanol–water partition coefficient (Wildman–Crippen LogP) is 0.293. The van der Waals surface area contributed by atoms with Gasteiger partial charge in [-0.05, 0) is 0 Å². The quantitative estimate of drug-likeness (QED) is 0.801. The summed E-state index contributed by atoms with van der Waals surface area (Å²) in [7, 11) is 0. The molecule has 0 aliphatic heterocycles. The number of hydrogen-bond acceptors (Lipinski definition) is 6. The molecule has 2 aromatic heterocycles. The van der Waals surface area contributed by atoms with Crippen molar-refractivity contribution in [1.29, 1.82) is 0 Å². The van der Waals surface area contributed by atoms with E-state index in [1.807, 2.05) is 18.5 Å². The molecule has 17 heavy (non-hydrogen) atoms. The van der Waals surface area contributed by atoms with E-state index in [2.05, 4.69) is 20.2 Å². The Morgan fingerprint density at radius 3 is 2.59 bits per heavy atom. The fourth-order valence-electron chi connectivity index (χ4n) is 1.54. The molecule has 2 N–H and O–H groups in total. The molecule has 7 nitrogen and oxygen atoms in total. The summed E-state index contributed by atoms with van der Waals surface area (Å²) in [5.74, 6) is 2.78. The van der Waals surface area contributed by atoms with Crippen LogP contribution in [0.15, 0.2) is 4.52 Å². The minimum absolute atomic E-state index is 0.255. The van der Waals surface area contributed by atoms with Crippen LogP contribution in [0.1, 0.15) is 37.2 Å². The third-order valence-corrected chi connectivity index (χ3v) is 2.40. The summed E-state index contributed by atoms with van der Waals surface area (Å²) >= 11 is 0. The first-order valence-electron chi connectivity index (χ1n) is 5.70. The van der Waals surface area contributed by atoms with Gasteiger partial charge in [0.1, 0.15) is 12.4 Å². The Hall–Kier alpha value is -1.76. The van der Waals surface area contributed by atoms with Gasteiger partial charge in [-0.25, -0.2) is 9.67 Å². The van der Waals surface area contributed by atoms with E-state index in [4.69, 9.17) is 10.3 Å². The average molecular weight is 236 g/mol. The van der Waals surface area contributed by atoms with Crippen LogP contribution in [0.25, 0.3) is 0 Å². The molecule has 7 heteroatoms. The van der Waals surface area contributed by atoms with Crippen LogP contribution in [-0.4, -0.2) is 24.9 Å². The van der Waals surface area contributed by atoms with Crippen LogP contribution >= 0.6 is 0 Å². The summed E-state index contributed by atoms with van der Waals surface area (Å²) in [5.41, 5.74) is 5.41. The molecule has 0 radical (unpaired) electrons. The van der Waals surface area contributed by atoms with Gasteiger partial charge in [0.2, 0.25) is 5.89 Å². The fraction of sp³-hybridized carbons (Fsp3) is 0.600. The van der Waals surface area contributed by atoms with Crippen LogP contribution in [-0.2, 0) is 25.9 Å². The minimum atomic E-state index is 0.255. The highest BCUT2D eigenvalue weighted by Gasteiger charge is 2.11. The molecular weight excluding hydrogens is 220 g/mol. The smallest absolute Gasteiger partial charge is 0.240 e. The highest BCUT2D eigenvalue weighted by molar-refractivity contribution is 4.96. The molecule has 0 amide bonds. The molecule has 92 valence electrons. The van der Waals surface area contributed by atoms with E-state index < -0.39 is 0 Å². The maximum absolute atomic E-state index is 5.41. The third kappa shape index (κ3) is 2.50. The van der Waals surface area contributed by atoms with E-state index in [0.29, 0.717) is 18.3 Å². The molecule has 0 unspecified atom stereocenters. The lowest BCUT2D eigenvalue weighted by atomic mass is 10.4.